The summed E-state index contributed by atoms with van der Waals surface area (Å²) >= 11 is 17.4. The van der Waals surface area contributed by atoms with Crippen molar-refractivity contribution in [2.75, 3.05) is 25.1 Å². The van der Waals surface area contributed by atoms with Gasteiger partial charge in [0.05, 0.1) is 16.7 Å². The number of anilines is 1. The summed E-state index contributed by atoms with van der Waals surface area (Å²) in [6.45, 7) is 0.458. The highest BCUT2D eigenvalue weighted by molar-refractivity contribution is 6.42. The second kappa shape index (κ2) is 5.03. The Morgan fingerprint density at radius 1 is 1.36 bits per heavy atom. The van der Waals surface area contributed by atoms with Gasteiger partial charge in [-0.25, -0.2) is 4.98 Å². The molecule has 0 aliphatic heterocycles. The molecule has 3 nitrogen and oxygen atoms in total. The van der Waals surface area contributed by atoms with Crippen LogP contribution in [0, 0.1) is 0 Å². The van der Waals surface area contributed by atoms with Gasteiger partial charge in [0.25, 0.3) is 0 Å². The highest BCUT2D eigenvalue weighted by atomic mass is 35.5. The van der Waals surface area contributed by atoms with Crippen molar-refractivity contribution in [1.82, 2.24) is 4.98 Å². The van der Waals surface area contributed by atoms with Crippen molar-refractivity contribution in [2.24, 2.45) is 0 Å². The van der Waals surface area contributed by atoms with E-state index in [1.54, 1.807) is 11.9 Å². The van der Waals surface area contributed by atoms with Gasteiger partial charge in [-0.3, -0.25) is 0 Å². The number of halogens is 3. The molecular weight excluding hydrogens is 246 g/mol. The van der Waals surface area contributed by atoms with Crippen molar-refractivity contribution < 1.29 is 5.11 Å². The van der Waals surface area contributed by atoms with Crippen LogP contribution in [0.25, 0.3) is 0 Å². The number of hydrogen-bond acceptors (Lipinski definition) is 3. The normalized spacial score (nSPS) is 10.4. The standard InChI is InChI=1S/C8H9Cl3N2O/c1-13(2-3-14)8-6(10)4-5(9)7(11)12-8/h4,14H,2-3H2,1H3. The Labute approximate surface area is 97.2 Å². The number of aliphatic hydroxyl groups is 1. The fourth-order valence-electron chi connectivity index (χ4n) is 0.959. The summed E-state index contributed by atoms with van der Waals surface area (Å²) in [6, 6.07) is 1.53. The van der Waals surface area contributed by atoms with Gasteiger partial charge in [-0.1, -0.05) is 34.8 Å². The number of aliphatic hydroxyl groups excluding tert-OH is 1. The lowest BCUT2D eigenvalue weighted by Gasteiger charge is -2.18. The first kappa shape index (κ1) is 11.9. The maximum Gasteiger partial charge on any atom is 0.150 e. The lowest BCUT2D eigenvalue weighted by atomic mass is 10.4. The Kier molecular flexibility index (Phi) is 4.26. The summed E-state index contributed by atoms with van der Waals surface area (Å²) in [7, 11) is 1.76. The molecule has 0 radical (unpaired) electrons. The smallest absolute Gasteiger partial charge is 0.150 e. The van der Waals surface area contributed by atoms with E-state index < -0.39 is 0 Å². The first-order chi connectivity index (χ1) is 6.56. The fraction of sp³-hybridized carbons (Fsp3) is 0.375. The summed E-state index contributed by atoms with van der Waals surface area (Å²) in [6.07, 6.45) is 0. The van der Waals surface area contributed by atoms with Crippen molar-refractivity contribution in [3.05, 3.63) is 21.3 Å². The van der Waals surface area contributed by atoms with Gasteiger partial charge in [-0.2, -0.15) is 0 Å². The Hall–Kier alpha value is -0.220. The van der Waals surface area contributed by atoms with Crippen LogP contribution in [0.5, 0.6) is 0 Å². The molecule has 1 aromatic rings. The van der Waals surface area contributed by atoms with Gasteiger partial charge in [0.1, 0.15) is 11.0 Å². The quantitative estimate of drug-likeness (QED) is 0.843. The van der Waals surface area contributed by atoms with E-state index in [-0.39, 0.29) is 11.8 Å². The Morgan fingerprint density at radius 2 is 2.00 bits per heavy atom. The highest BCUT2D eigenvalue weighted by Crippen LogP contribution is 2.30. The number of pyridine rings is 1. The lowest BCUT2D eigenvalue weighted by Crippen LogP contribution is -2.22. The zero-order valence-corrected chi connectivity index (χ0v) is 9.73. The molecule has 0 atom stereocenters. The predicted octanol–water partition coefficient (Wildman–Crippen LogP) is 2.47. The number of aromatic nitrogens is 1. The van der Waals surface area contributed by atoms with Crippen LogP contribution >= 0.6 is 34.8 Å². The first-order valence-corrected chi connectivity index (χ1v) is 5.03. The molecule has 1 N–H and O–H groups in total. The van der Waals surface area contributed by atoms with Crippen LogP contribution in [0.2, 0.25) is 15.2 Å². The largest absolute Gasteiger partial charge is 0.395 e. The summed E-state index contributed by atoms with van der Waals surface area (Å²) in [5, 5.41) is 9.68. The predicted molar refractivity (Wildman–Crippen MR) is 59.6 cm³/mol. The molecule has 78 valence electrons. The van der Waals surface area contributed by atoms with Crippen molar-refractivity contribution in [3.8, 4) is 0 Å². The zero-order chi connectivity index (χ0) is 10.7. The summed E-state index contributed by atoms with van der Waals surface area (Å²) in [4.78, 5) is 5.71. The molecule has 14 heavy (non-hydrogen) atoms. The van der Waals surface area contributed by atoms with Crippen LogP contribution in [0.1, 0.15) is 0 Å². The maximum atomic E-state index is 8.74. The molecular formula is C8H9Cl3N2O. The SMILES string of the molecule is CN(CCO)c1nc(Cl)c(Cl)cc1Cl. The van der Waals surface area contributed by atoms with Crippen LogP contribution in [-0.2, 0) is 0 Å². The number of rotatable bonds is 3. The number of nitrogens with zero attached hydrogens (tertiary/aromatic N) is 2. The van der Waals surface area contributed by atoms with E-state index >= 15 is 0 Å². The zero-order valence-electron chi connectivity index (χ0n) is 7.47. The van der Waals surface area contributed by atoms with E-state index in [2.05, 4.69) is 4.98 Å². The number of likely N-dealkylation sites (N-methyl/N-ethyl adjacent to an activating group) is 1. The second-order valence-electron chi connectivity index (χ2n) is 2.71. The minimum Gasteiger partial charge on any atom is -0.395 e. The maximum absolute atomic E-state index is 8.74. The van der Waals surface area contributed by atoms with E-state index in [1.807, 2.05) is 0 Å². The van der Waals surface area contributed by atoms with Crippen molar-refractivity contribution in [2.45, 2.75) is 0 Å². The van der Waals surface area contributed by atoms with Crippen LogP contribution < -0.4 is 4.90 Å². The third-order valence-electron chi connectivity index (χ3n) is 1.67. The Balaban J connectivity index is 3.02. The molecule has 0 aliphatic rings. The molecule has 1 rings (SSSR count). The van der Waals surface area contributed by atoms with E-state index in [9.17, 15) is 0 Å². The fourth-order valence-corrected chi connectivity index (χ4v) is 1.60. The van der Waals surface area contributed by atoms with E-state index in [0.29, 0.717) is 22.4 Å². The van der Waals surface area contributed by atoms with Crippen LogP contribution in [-0.4, -0.2) is 30.3 Å². The topological polar surface area (TPSA) is 36.4 Å². The van der Waals surface area contributed by atoms with Gasteiger partial charge in [0, 0.05) is 13.6 Å². The molecule has 0 unspecified atom stereocenters. The van der Waals surface area contributed by atoms with Crippen LogP contribution in [0.15, 0.2) is 6.07 Å². The summed E-state index contributed by atoms with van der Waals surface area (Å²) in [5.41, 5.74) is 0. The van der Waals surface area contributed by atoms with Gasteiger partial charge < -0.3 is 10.0 Å². The molecule has 6 heteroatoms. The van der Waals surface area contributed by atoms with Gasteiger partial charge in [-0.05, 0) is 6.07 Å². The van der Waals surface area contributed by atoms with E-state index in [4.69, 9.17) is 39.9 Å². The molecule has 1 heterocycles. The molecule has 0 fully saturated rings. The summed E-state index contributed by atoms with van der Waals surface area (Å²) in [5.74, 6) is 0.509. The van der Waals surface area contributed by atoms with E-state index in [0.717, 1.165) is 0 Å². The molecule has 1 aromatic heterocycles. The third-order valence-corrected chi connectivity index (χ3v) is 2.62. The molecule has 0 bridgehead atoms. The highest BCUT2D eigenvalue weighted by Gasteiger charge is 2.11. The monoisotopic (exact) mass is 254 g/mol. The van der Waals surface area contributed by atoms with E-state index in [1.165, 1.54) is 6.07 Å². The average molecular weight is 256 g/mol. The van der Waals surface area contributed by atoms with Crippen LogP contribution in [0.4, 0.5) is 5.82 Å². The van der Waals surface area contributed by atoms with Crippen molar-refractivity contribution >= 4 is 40.6 Å². The lowest BCUT2D eigenvalue weighted by molar-refractivity contribution is 0.304. The minimum atomic E-state index is 0.0226. The molecule has 0 saturated carbocycles. The Morgan fingerprint density at radius 3 is 2.57 bits per heavy atom. The van der Waals surface area contributed by atoms with Gasteiger partial charge in [0.15, 0.2) is 0 Å². The molecule has 0 saturated heterocycles. The first-order valence-electron chi connectivity index (χ1n) is 3.89. The van der Waals surface area contributed by atoms with Gasteiger partial charge in [-0.15, -0.1) is 0 Å². The van der Waals surface area contributed by atoms with Gasteiger partial charge >= 0.3 is 0 Å². The molecule has 0 spiro atoms. The Bertz CT molecular complexity index is 333. The summed E-state index contributed by atoms with van der Waals surface area (Å²) < 4.78 is 0. The second-order valence-corrected chi connectivity index (χ2v) is 3.88. The molecule has 0 aromatic carbocycles. The number of hydrogen-bond donors (Lipinski definition) is 1. The molecule has 0 aliphatic carbocycles. The average Bonchev–Trinajstić information content (AvgIpc) is 2.11. The third kappa shape index (κ3) is 2.64. The van der Waals surface area contributed by atoms with Crippen LogP contribution in [0.3, 0.4) is 0 Å². The van der Waals surface area contributed by atoms with Crippen molar-refractivity contribution in [1.29, 1.82) is 0 Å². The molecule has 0 amide bonds. The van der Waals surface area contributed by atoms with Crippen molar-refractivity contribution in [3.63, 3.8) is 0 Å². The minimum absolute atomic E-state index is 0.0226. The van der Waals surface area contributed by atoms with Gasteiger partial charge in [0.2, 0.25) is 0 Å².